The van der Waals surface area contributed by atoms with E-state index in [2.05, 4.69) is 73.9 Å². The number of nitrogens with zero attached hydrogens (tertiary/aromatic N) is 3. The van der Waals surface area contributed by atoms with Gasteiger partial charge in [0.2, 0.25) is 0 Å². The summed E-state index contributed by atoms with van der Waals surface area (Å²) in [5.41, 5.74) is 5.50. The van der Waals surface area contributed by atoms with Gasteiger partial charge in [0.25, 0.3) is 5.91 Å². The Balaban J connectivity index is 1.54. The Morgan fingerprint density at radius 1 is 0.614 bits per heavy atom. The lowest BCUT2D eigenvalue weighted by atomic mass is 9.74. The second-order valence-electron chi connectivity index (χ2n) is 13.8. The lowest BCUT2D eigenvalue weighted by Crippen LogP contribution is -2.47. The van der Waals surface area contributed by atoms with Crippen molar-refractivity contribution in [2.45, 2.75) is 72.7 Å². The molecule has 13 heteroatoms. The zero-order valence-electron chi connectivity index (χ0n) is 34.5. The van der Waals surface area contributed by atoms with E-state index in [0.29, 0.717) is 28.3 Å². The first-order chi connectivity index (χ1) is 27.5. The minimum Gasteiger partial charge on any atom is -0.456 e. The van der Waals surface area contributed by atoms with E-state index in [0.717, 1.165) is 54.2 Å². The van der Waals surface area contributed by atoms with Crippen LogP contribution in [0.5, 0.6) is 11.5 Å². The molecule has 1 spiro atoms. The Morgan fingerprint density at radius 3 is 1.51 bits per heavy atom. The molecule has 306 valence electrons. The smallest absolute Gasteiger partial charge is 0.346 e. The zero-order valence-corrected chi connectivity index (χ0v) is 36.3. The number of benzene rings is 4. The molecule has 0 fully saturated rings. The quantitative estimate of drug-likeness (QED) is 0.0849. The van der Waals surface area contributed by atoms with Crippen LogP contribution in [0.15, 0.2) is 84.9 Å². The van der Waals surface area contributed by atoms with Crippen LogP contribution in [0.25, 0.3) is 0 Å². The molecule has 11 nitrogen and oxygen atoms in total. The highest BCUT2D eigenvalue weighted by molar-refractivity contribution is 7.72. The van der Waals surface area contributed by atoms with Crippen LogP contribution in [0.1, 0.15) is 88.0 Å². The summed E-state index contributed by atoms with van der Waals surface area (Å²) in [7, 11) is -7.98. The molecule has 0 saturated heterocycles. The maximum absolute atomic E-state index is 15.0. The average molecular weight is 818 g/mol. The molecule has 6 rings (SSSR count). The van der Waals surface area contributed by atoms with E-state index in [4.69, 9.17) is 22.8 Å². The fraction of sp³-hybridized carbons (Fsp3) is 0.432. The van der Waals surface area contributed by atoms with Crippen LogP contribution >= 0.6 is 15.2 Å². The number of ether oxygens (including phenoxy) is 1. The van der Waals surface area contributed by atoms with Gasteiger partial charge >= 0.3 is 15.2 Å². The number of anilines is 3. The van der Waals surface area contributed by atoms with Gasteiger partial charge in [-0.25, -0.2) is 0 Å². The van der Waals surface area contributed by atoms with Crippen molar-refractivity contribution in [1.29, 1.82) is 0 Å². The highest BCUT2D eigenvalue weighted by atomic mass is 31.2. The molecule has 0 bridgehead atoms. The summed E-state index contributed by atoms with van der Waals surface area (Å²) in [5.74, 6) is 1.22. The van der Waals surface area contributed by atoms with Crippen LogP contribution in [0, 0.1) is 0 Å². The van der Waals surface area contributed by atoms with Crippen LogP contribution in [-0.2, 0) is 39.2 Å². The number of hydrogen-bond donors (Lipinski definition) is 0. The number of carbonyl (C=O) groups excluding carboxylic acids is 1. The summed E-state index contributed by atoms with van der Waals surface area (Å²) < 4.78 is 58.6. The first kappa shape index (κ1) is 42.7. The van der Waals surface area contributed by atoms with E-state index < -0.39 is 26.1 Å². The Kier molecular flexibility index (Phi) is 13.4. The van der Waals surface area contributed by atoms with Gasteiger partial charge in [0.1, 0.15) is 17.0 Å². The molecular formula is C44H57N3O8P2. The summed E-state index contributed by atoms with van der Waals surface area (Å²) >= 11 is 0. The van der Waals surface area contributed by atoms with Gasteiger partial charge < -0.3 is 32.6 Å². The summed E-state index contributed by atoms with van der Waals surface area (Å²) in [5, 5.41) is -1.21. The Hall–Kier alpha value is -3.95. The molecule has 0 unspecified atom stereocenters. The van der Waals surface area contributed by atoms with Crippen LogP contribution in [0.3, 0.4) is 0 Å². The van der Waals surface area contributed by atoms with Gasteiger partial charge in [0.15, 0.2) is 5.40 Å². The third-order valence-corrected chi connectivity index (χ3v) is 16.8. The SMILES string of the molecule is CCOP(=O)(OCC)C(Cc1ccc(N2C(=O)c3ccccc3C23c2ccc(N(CC)CC)cc2Oc2cc(N(CC)CC)ccc23)cc1)P(=O)(OCC)OCC. The highest BCUT2D eigenvalue weighted by Crippen LogP contribution is 2.71. The summed E-state index contributed by atoms with van der Waals surface area (Å²) in [4.78, 5) is 21.4. The largest absolute Gasteiger partial charge is 0.456 e. The first-order valence-electron chi connectivity index (χ1n) is 20.3. The van der Waals surface area contributed by atoms with Crippen molar-refractivity contribution in [3.05, 3.63) is 113 Å². The van der Waals surface area contributed by atoms with Crippen LogP contribution < -0.4 is 19.4 Å². The van der Waals surface area contributed by atoms with E-state index >= 15 is 0 Å². The second-order valence-corrected chi connectivity index (χ2v) is 18.7. The van der Waals surface area contributed by atoms with Crippen molar-refractivity contribution >= 4 is 38.2 Å². The highest BCUT2D eigenvalue weighted by Gasteiger charge is 2.57. The van der Waals surface area contributed by atoms with Crippen molar-refractivity contribution in [1.82, 2.24) is 0 Å². The van der Waals surface area contributed by atoms with E-state index in [1.54, 1.807) is 27.7 Å². The van der Waals surface area contributed by atoms with Crippen LogP contribution in [0.4, 0.5) is 17.1 Å². The topological polar surface area (TPSA) is 107 Å². The molecule has 57 heavy (non-hydrogen) atoms. The molecule has 0 aromatic heterocycles. The lowest BCUT2D eigenvalue weighted by molar-refractivity contribution is 0.0985. The Bertz CT molecular complexity index is 2020. The average Bonchev–Trinajstić information content (AvgIpc) is 3.46. The zero-order chi connectivity index (χ0) is 41.0. The molecule has 2 aliphatic rings. The molecule has 1 amide bonds. The first-order valence-corrected chi connectivity index (χ1v) is 23.5. The molecule has 2 heterocycles. The number of hydrogen-bond acceptors (Lipinski definition) is 10. The predicted octanol–water partition coefficient (Wildman–Crippen LogP) is 10.8. The van der Waals surface area contributed by atoms with Crippen molar-refractivity contribution in [3.8, 4) is 11.5 Å². The maximum atomic E-state index is 15.0. The van der Waals surface area contributed by atoms with Gasteiger partial charge in [-0.2, -0.15) is 0 Å². The predicted molar refractivity (Wildman–Crippen MR) is 229 cm³/mol. The summed E-state index contributed by atoms with van der Waals surface area (Å²) in [6, 6.07) is 27.9. The monoisotopic (exact) mass is 817 g/mol. The van der Waals surface area contributed by atoms with Crippen molar-refractivity contribution in [3.63, 3.8) is 0 Å². The van der Waals surface area contributed by atoms with Crippen LogP contribution in [0.2, 0.25) is 0 Å². The molecule has 0 N–H and O–H groups in total. The van der Waals surface area contributed by atoms with Gasteiger partial charge in [0, 0.05) is 77.6 Å². The number of fused-ring (bicyclic) bond motifs is 6. The van der Waals surface area contributed by atoms with Gasteiger partial charge in [-0.1, -0.05) is 42.5 Å². The molecule has 2 aliphatic heterocycles. The Labute approximate surface area is 338 Å². The number of amides is 1. The minimum absolute atomic E-state index is 0.0237. The van der Waals surface area contributed by atoms with Gasteiger partial charge in [-0.15, -0.1) is 0 Å². The normalized spacial score (nSPS) is 14.4. The Morgan fingerprint density at radius 2 is 1.07 bits per heavy atom. The summed E-state index contributed by atoms with van der Waals surface area (Å²) in [6.45, 7) is 19.1. The summed E-state index contributed by atoms with van der Waals surface area (Å²) in [6.07, 6.45) is 0.0237. The van der Waals surface area contributed by atoms with E-state index in [1.165, 1.54) is 0 Å². The molecule has 4 aromatic rings. The van der Waals surface area contributed by atoms with E-state index in [9.17, 15) is 13.9 Å². The van der Waals surface area contributed by atoms with Crippen molar-refractivity contribution in [2.75, 3.05) is 67.3 Å². The maximum Gasteiger partial charge on any atom is 0.346 e. The minimum atomic E-state index is -3.99. The second kappa shape index (κ2) is 17.9. The van der Waals surface area contributed by atoms with Gasteiger partial charge in [0.05, 0.1) is 26.4 Å². The van der Waals surface area contributed by atoms with Gasteiger partial charge in [-0.3, -0.25) is 18.8 Å². The molecular weight excluding hydrogens is 760 g/mol. The van der Waals surface area contributed by atoms with Gasteiger partial charge in [-0.05, 0) is 97.7 Å². The fourth-order valence-electron chi connectivity index (χ4n) is 8.37. The molecule has 0 radical (unpaired) electrons. The van der Waals surface area contributed by atoms with Crippen molar-refractivity contribution < 1.29 is 36.8 Å². The third-order valence-electron chi connectivity index (χ3n) is 10.9. The number of rotatable bonds is 19. The van der Waals surface area contributed by atoms with Crippen molar-refractivity contribution in [2.24, 2.45) is 0 Å². The standard InChI is InChI=1S/C44H57N3O8P2/c1-9-45(10-2)34-25-27-38-40(30-34)55-41-31-35(46(11-3)12-4)26-28-39(41)44(38)37-20-18-17-19-36(37)43(48)47(44)33-23-21-32(22-24-33)29-42(56(49,51-13-5)52-14-6)57(50,53-15-7)54-16-8/h17-28,30-31,42H,9-16,29H2,1-8H3. The van der Waals surface area contributed by atoms with E-state index in [-0.39, 0.29) is 38.8 Å². The third kappa shape index (κ3) is 7.59. The fourth-order valence-corrected chi connectivity index (χ4v) is 13.7. The van der Waals surface area contributed by atoms with E-state index in [1.807, 2.05) is 53.4 Å². The molecule has 0 aliphatic carbocycles. The lowest BCUT2D eigenvalue weighted by Gasteiger charge is -2.44. The van der Waals surface area contributed by atoms with Crippen LogP contribution in [-0.4, -0.2) is 63.9 Å². The molecule has 0 atom stereocenters. The molecule has 4 aromatic carbocycles. The molecule has 0 saturated carbocycles. The number of carbonyl (C=O) groups is 1.